The van der Waals surface area contributed by atoms with Crippen LogP contribution in [-0.4, -0.2) is 60.3 Å². The summed E-state index contributed by atoms with van der Waals surface area (Å²) < 4.78 is 0. The summed E-state index contributed by atoms with van der Waals surface area (Å²) in [5, 5.41) is 9.29. The Morgan fingerprint density at radius 1 is 1.06 bits per heavy atom. The molecule has 0 aromatic heterocycles. The lowest BCUT2D eigenvalue weighted by molar-refractivity contribution is 0.122. The molecule has 1 N–H and O–H groups in total. The molecule has 0 aromatic rings. The molecule has 100 valence electrons. The van der Waals surface area contributed by atoms with Gasteiger partial charge < -0.3 is 14.9 Å². The standard InChI is InChI=1S/C14H28N2O/c1-13(17)4-9-15-10-5-14(6-11-15)12-16-7-2-3-8-16/h13-14,17H,2-12H2,1H3. The molecule has 2 rings (SSSR count). The van der Waals surface area contributed by atoms with Crippen molar-refractivity contribution in [2.75, 3.05) is 39.3 Å². The number of likely N-dealkylation sites (tertiary alicyclic amines) is 2. The zero-order valence-electron chi connectivity index (χ0n) is 11.3. The maximum absolute atomic E-state index is 9.29. The fourth-order valence-electron chi connectivity index (χ4n) is 3.09. The smallest absolute Gasteiger partial charge is 0.0524 e. The van der Waals surface area contributed by atoms with E-state index in [-0.39, 0.29) is 6.10 Å². The van der Waals surface area contributed by atoms with E-state index in [4.69, 9.17) is 0 Å². The van der Waals surface area contributed by atoms with Gasteiger partial charge in [0, 0.05) is 13.1 Å². The molecule has 2 aliphatic rings. The van der Waals surface area contributed by atoms with E-state index in [1.54, 1.807) is 0 Å². The van der Waals surface area contributed by atoms with Crippen LogP contribution in [0.25, 0.3) is 0 Å². The number of aliphatic hydroxyl groups is 1. The lowest BCUT2D eigenvalue weighted by atomic mass is 9.96. The molecule has 3 nitrogen and oxygen atoms in total. The van der Waals surface area contributed by atoms with Crippen LogP contribution in [0.1, 0.15) is 39.0 Å². The molecule has 0 aromatic carbocycles. The van der Waals surface area contributed by atoms with Crippen LogP contribution in [0.4, 0.5) is 0 Å². The van der Waals surface area contributed by atoms with E-state index >= 15 is 0 Å². The number of rotatable bonds is 5. The molecule has 17 heavy (non-hydrogen) atoms. The molecule has 0 saturated carbocycles. The Morgan fingerprint density at radius 3 is 2.29 bits per heavy atom. The average molecular weight is 240 g/mol. The van der Waals surface area contributed by atoms with E-state index in [2.05, 4.69) is 9.80 Å². The number of hydrogen-bond donors (Lipinski definition) is 1. The monoisotopic (exact) mass is 240 g/mol. The SMILES string of the molecule is CC(O)CCN1CCC(CN2CCCC2)CC1. The van der Waals surface area contributed by atoms with Gasteiger partial charge in [0.2, 0.25) is 0 Å². The van der Waals surface area contributed by atoms with Crippen molar-refractivity contribution in [3.05, 3.63) is 0 Å². The van der Waals surface area contributed by atoms with Gasteiger partial charge in [0.25, 0.3) is 0 Å². The second kappa shape index (κ2) is 6.72. The van der Waals surface area contributed by atoms with Crippen molar-refractivity contribution in [2.45, 2.75) is 45.1 Å². The van der Waals surface area contributed by atoms with Gasteiger partial charge >= 0.3 is 0 Å². The predicted molar refractivity (Wildman–Crippen MR) is 71.1 cm³/mol. The normalized spacial score (nSPS) is 26.5. The molecule has 2 heterocycles. The first-order valence-corrected chi connectivity index (χ1v) is 7.37. The third-order valence-electron chi connectivity index (χ3n) is 4.29. The van der Waals surface area contributed by atoms with Crippen molar-refractivity contribution >= 4 is 0 Å². The lowest BCUT2D eigenvalue weighted by Crippen LogP contribution is -2.39. The minimum atomic E-state index is -0.141. The molecule has 3 heteroatoms. The van der Waals surface area contributed by atoms with Gasteiger partial charge in [-0.25, -0.2) is 0 Å². The Bertz CT molecular complexity index is 206. The van der Waals surface area contributed by atoms with Crippen molar-refractivity contribution in [1.29, 1.82) is 0 Å². The first-order chi connectivity index (χ1) is 8.24. The lowest BCUT2D eigenvalue weighted by Gasteiger charge is -2.34. The van der Waals surface area contributed by atoms with Crippen LogP contribution in [0.15, 0.2) is 0 Å². The van der Waals surface area contributed by atoms with Crippen LogP contribution in [0, 0.1) is 5.92 Å². The summed E-state index contributed by atoms with van der Waals surface area (Å²) in [4.78, 5) is 5.17. The van der Waals surface area contributed by atoms with Crippen molar-refractivity contribution in [3.63, 3.8) is 0 Å². The topological polar surface area (TPSA) is 26.7 Å². The largest absolute Gasteiger partial charge is 0.393 e. The van der Waals surface area contributed by atoms with Crippen LogP contribution in [0.2, 0.25) is 0 Å². The van der Waals surface area contributed by atoms with Gasteiger partial charge in [0.15, 0.2) is 0 Å². The van der Waals surface area contributed by atoms with Crippen molar-refractivity contribution in [2.24, 2.45) is 5.92 Å². The summed E-state index contributed by atoms with van der Waals surface area (Å²) in [6.07, 6.45) is 6.32. The highest BCUT2D eigenvalue weighted by Gasteiger charge is 2.22. The van der Waals surface area contributed by atoms with Crippen LogP contribution < -0.4 is 0 Å². The highest BCUT2D eigenvalue weighted by molar-refractivity contribution is 4.77. The summed E-state index contributed by atoms with van der Waals surface area (Å²) in [6.45, 7) is 9.46. The second-order valence-corrected chi connectivity index (χ2v) is 5.93. The van der Waals surface area contributed by atoms with E-state index in [1.165, 1.54) is 58.4 Å². The maximum Gasteiger partial charge on any atom is 0.0524 e. The van der Waals surface area contributed by atoms with Crippen LogP contribution in [0.3, 0.4) is 0 Å². The quantitative estimate of drug-likeness (QED) is 0.790. The van der Waals surface area contributed by atoms with Gasteiger partial charge in [-0.2, -0.15) is 0 Å². The number of nitrogens with zero attached hydrogens (tertiary/aromatic N) is 2. The third kappa shape index (κ3) is 4.57. The third-order valence-corrected chi connectivity index (χ3v) is 4.29. The molecular weight excluding hydrogens is 212 g/mol. The van der Waals surface area contributed by atoms with Crippen molar-refractivity contribution < 1.29 is 5.11 Å². The van der Waals surface area contributed by atoms with E-state index in [1.807, 2.05) is 6.92 Å². The van der Waals surface area contributed by atoms with Crippen LogP contribution >= 0.6 is 0 Å². The minimum Gasteiger partial charge on any atom is -0.393 e. The Hall–Kier alpha value is -0.120. The second-order valence-electron chi connectivity index (χ2n) is 5.93. The first kappa shape index (κ1) is 13.3. The van der Waals surface area contributed by atoms with Gasteiger partial charge in [-0.15, -0.1) is 0 Å². The fourth-order valence-corrected chi connectivity index (χ4v) is 3.09. The first-order valence-electron chi connectivity index (χ1n) is 7.37. The van der Waals surface area contributed by atoms with Gasteiger partial charge in [0.1, 0.15) is 0 Å². The van der Waals surface area contributed by atoms with Crippen LogP contribution in [0.5, 0.6) is 0 Å². The Morgan fingerprint density at radius 2 is 1.71 bits per heavy atom. The van der Waals surface area contributed by atoms with E-state index in [9.17, 15) is 5.11 Å². The van der Waals surface area contributed by atoms with E-state index in [0.717, 1.165) is 18.9 Å². The molecule has 1 atom stereocenters. The van der Waals surface area contributed by atoms with Gasteiger partial charge in [0.05, 0.1) is 6.10 Å². The Balaban J connectivity index is 1.60. The zero-order chi connectivity index (χ0) is 12.1. The summed E-state index contributed by atoms with van der Waals surface area (Å²) in [7, 11) is 0. The van der Waals surface area contributed by atoms with E-state index in [0.29, 0.717) is 0 Å². The van der Waals surface area contributed by atoms with Gasteiger partial charge in [-0.1, -0.05) is 0 Å². The highest BCUT2D eigenvalue weighted by atomic mass is 16.3. The number of piperidine rings is 1. The minimum absolute atomic E-state index is 0.141. The molecular formula is C14H28N2O. The predicted octanol–water partition coefficient (Wildman–Crippen LogP) is 1.57. The van der Waals surface area contributed by atoms with Gasteiger partial charge in [-0.3, -0.25) is 0 Å². The molecule has 1 unspecified atom stereocenters. The summed E-state index contributed by atoms with van der Waals surface area (Å²) >= 11 is 0. The summed E-state index contributed by atoms with van der Waals surface area (Å²) in [5.74, 6) is 0.927. The molecule has 0 aliphatic carbocycles. The number of hydrogen-bond acceptors (Lipinski definition) is 3. The maximum atomic E-state index is 9.29. The fraction of sp³-hybridized carbons (Fsp3) is 1.00. The molecule has 2 saturated heterocycles. The molecule has 2 aliphatic heterocycles. The molecule has 0 bridgehead atoms. The van der Waals surface area contributed by atoms with Crippen molar-refractivity contribution in [3.8, 4) is 0 Å². The molecule has 0 radical (unpaired) electrons. The number of aliphatic hydroxyl groups excluding tert-OH is 1. The zero-order valence-corrected chi connectivity index (χ0v) is 11.3. The summed E-state index contributed by atoms with van der Waals surface area (Å²) in [6, 6.07) is 0. The summed E-state index contributed by atoms with van der Waals surface area (Å²) in [5.41, 5.74) is 0. The van der Waals surface area contributed by atoms with E-state index < -0.39 is 0 Å². The molecule has 0 amide bonds. The average Bonchev–Trinajstić information content (AvgIpc) is 2.81. The van der Waals surface area contributed by atoms with Crippen LogP contribution in [-0.2, 0) is 0 Å². The highest BCUT2D eigenvalue weighted by Crippen LogP contribution is 2.20. The van der Waals surface area contributed by atoms with Gasteiger partial charge in [-0.05, 0) is 71.1 Å². The Labute approximate surface area is 106 Å². The molecule has 2 fully saturated rings. The van der Waals surface area contributed by atoms with Crippen molar-refractivity contribution in [1.82, 2.24) is 9.80 Å². The Kier molecular flexibility index (Phi) is 5.26. The molecule has 0 spiro atoms.